The van der Waals surface area contributed by atoms with Crippen LogP contribution in [0.2, 0.25) is 0 Å². The second kappa shape index (κ2) is 5.70. The molecule has 2 atom stereocenters. The van der Waals surface area contributed by atoms with Gasteiger partial charge >= 0.3 is 0 Å². The Morgan fingerprint density at radius 1 is 1.40 bits per heavy atom. The van der Waals surface area contributed by atoms with Gasteiger partial charge in [0, 0.05) is 31.6 Å². The predicted octanol–water partition coefficient (Wildman–Crippen LogP) is 2.28. The SMILES string of the molecule is CC(O)C1CCN(c2ccc(CNC3CC3)cc2F)C1. The van der Waals surface area contributed by atoms with E-state index in [0.717, 1.165) is 31.6 Å². The first-order valence-corrected chi connectivity index (χ1v) is 7.58. The van der Waals surface area contributed by atoms with Crippen LogP contribution in [0.25, 0.3) is 0 Å². The van der Waals surface area contributed by atoms with E-state index in [1.807, 2.05) is 24.0 Å². The molecule has 1 aromatic rings. The molecule has 0 aromatic heterocycles. The second-order valence-corrected chi connectivity index (χ2v) is 6.18. The number of nitrogens with zero attached hydrogens (tertiary/aromatic N) is 1. The highest BCUT2D eigenvalue weighted by Gasteiger charge is 2.27. The van der Waals surface area contributed by atoms with Gasteiger partial charge in [-0.2, -0.15) is 0 Å². The van der Waals surface area contributed by atoms with Gasteiger partial charge in [0.2, 0.25) is 0 Å². The molecule has 1 aliphatic heterocycles. The lowest BCUT2D eigenvalue weighted by Crippen LogP contribution is -2.24. The number of nitrogens with one attached hydrogen (secondary N) is 1. The van der Waals surface area contributed by atoms with Crippen LogP contribution in [0.3, 0.4) is 0 Å². The van der Waals surface area contributed by atoms with Crippen molar-refractivity contribution in [3.05, 3.63) is 29.6 Å². The molecule has 110 valence electrons. The average Bonchev–Trinajstić information content (AvgIpc) is 3.11. The first-order valence-electron chi connectivity index (χ1n) is 7.58. The Labute approximate surface area is 119 Å². The molecule has 1 aliphatic carbocycles. The van der Waals surface area contributed by atoms with Crippen LogP contribution in [-0.2, 0) is 6.54 Å². The number of benzene rings is 1. The Morgan fingerprint density at radius 2 is 2.20 bits per heavy atom. The Bertz CT molecular complexity index is 474. The smallest absolute Gasteiger partial charge is 0.146 e. The summed E-state index contributed by atoms with van der Waals surface area (Å²) in [6.07, 6.45) is 3.11. The fourth-order valence-electron chi connectivity index (χ4n) is 2.87. The summed E-state index contributed by atoms with van der Waals surface area (Å²) in [4.78, 5) is 2.05. The van der Waals surface area contributed by atoms with Crippen LogP contribution in [0.4, 0.5) is 10.1 Å². The highest BCUT2D eigenvalue weighted by atomic mass is 19.1. The maximum absolute atomic E-state index is 14.2. The van der Waals surface area contributed by atoms with Gasteiger partial charge in [-0.15, -0.1) is 0 Å². The molecule has 0 amide bonds. The zero-order valence-corrected chi connectivity index (χ0v) is 12.0. The monoisotopic (exact) mass is 278 g/mol. The first kappa shape index (κ1) is 13.8. The third kappa shape index (κ3) is 3.13. The highest BCUT2D eigenvalue weighted by Crippen LogP contribution is 2.28. The van der Waals surface area contributed by atoms with Crippen molar-refractivity contribution in [2.45, 2.75) is 44.9 Å². The summed E-state index contributed by atoms with van der Waals surface area (Å²) in [7, 11) is 0. The number of rotatable bonds is 5. The van der Waals surface area contributed by atoms with Gasteiger partial charge in [-0.1, -0.05) is 6.07 Å². The Hall–Kier alpha value is -1.13. The normalized spacial score (nSPS) is 24.1. The molecule has 3 rings (SSSR count). The van der Waals surface area contributed by atoms with E-state index in [9.17, 15) is 9.50 Å². The standard InChI is InChI=1S/C16H23FN2O/c1-11(20)13-6-7-19(10-13)16-5-2-12(8-15(16)17)9-18-14-3-4-14/h2,5,8,11,13-14,18,20H,3-4,6-7,9-10H2,1H3. The molecule has 0 bridgehead atoms. The molecule has 0 radical (unpaired) electrons. The molecule has 1 aromatic carbocycles. The van der Waals surface area contributed by atoms with Crippen molar-refractivity contribution in [1.29, 1.82) is 0 Å². The molecule has 2 unspecified atom stereocenters. The van der Waals surface area contributed by atoms with Crippen LogP contribution in [0, 0.1) is 11.7 Å². The van der Waals surface area contributed by atoms with E-state index in [1.54, 1.807) is 6.07 Å². The maximum atomic E-state index is 14.2. The number of halogens is 1. The van der Waals surface area contributed by atoms with Crippen LogP contribution in [-0.4, -0.2) is 30.3 Å². The van der Waals surface area contributed by atoms with E-state index < -0.39 is 0 Å². The average molecular weight is 278 g/mol. The van der Waals surface area contributed by atoms with Gasteiger partial charge in [-0.25, -0.2) is 4.39 Å². The molecule has 1 saturated heterocycles. The van der Waals surface area contributed by atoms with Gasteiger partial charge in [0.05, 0.1) is 11.8 Å². The summed E-state index contributed by atoms with van der Waals surface area (Å²) in [5.41, 5.74) is 1.67. The minimum atomic E-state index is -0.315. The van der Waals surface area contributed by atoms with Gasteiger partial charge in [-0.3, -0.25) is 0 Å². The van der Waals surface area contributed by atoms with Crippen LogP contribution >= 0.6 is 0 Å². The highest BCUT2D eigenvalue weighted by molar-refractivity contribution is 5.50. The summed E-state index contributed by atoms with van der Waals surface area (Å²) < 4.78 is 14.2. The van der Waals surface area contributed by atoms with E-state index in [-0.39, 0.29) is 17.8 Å². The van der Waals surface area contributed by atoms with Gasteiger partial charge in [0.25, 0.3) is 0 Å². The number of hydrogen-bond acceptors (Lipinski definition) is 3. The van der Waals surface area contributed by atoms with Gasteiger partial charge < -0.3 is 15.3 Å². The lowest BCUT2D eigenvalue weighted by Gasteiger charge is -2.20. The maximum Gasteiger partial charge on any atom is 0.146 e. The zero-order chi connectivity index (χ0) is 14.1. The van der Waals surface area contributed by atoms with Crippen molar-refractivity contribution in [3.63, 3.8) is 0 Å². The van der Waals surface area contributed by atoms with Crippen LogP contribution < -0.4 is 10.2 Å². The topological polar surface area (TPSA) is 35.5 Å². The Morgan fingerprint density at radius 3 is 2.80 bits per heavy atom. The minimum absolute atomic E-state index is 0.147. The third-order valence-corrected chi connectivity index (χ3v) is 4.43. The molecule has 1 heterocycles. The second-order valence-electron chi connectivity index (χ2n) is 6.18. The molecule has 0 spiro atoms. The first-order chi connectivity index (χ1) is 9.63. The fraction of sp³-hybridized carbons (Fsp3) is 0.625. The lowest BCUT2D eigenvalue weighted by molar-refractivity contribution is 0.136. The van der Waals surface area contributed by atoms with Crippen molar-refractivity contribution >= 4 is 5.69 Å². The molecule has 1 saturated carbocycles. The van der Waals surface area contributed by atoms with E-state index in [2.05, 4.69) is 5.32 Å². The van der Waals surface area contributed by atoms with Crippen molar-refractivity contribution in [1.82, 2.24) is 5.32 Å². The van der Waals surface area contributed by atoms with Crippen LogP contribution in [0.15, 0.2) is 18.2 Å². The molecule has 2 aliphatic rings. The van der Waals surface area contributed by atoms with Crippen LogP contribution in [0.1, 0.15) is 31.7 Å². The Kier molecular flexibility index (Phi) is 3.94. The lowest BCUT2D eigenvalue weighted by atomic mass is 10.0. The molecule has 20 heavy (non-hydrogen) atoms. The molecule has 2 N–H and O–H groups in total. The molecule has 3 nitrogen and oxygen atoms in total. The number of anilines is 1. The van der Waals surface area contributed by atoms with Crippen molar-refractivity contribution in [3.8, 4) is 0 Å². The molecule has 2 fully saturated rings. The minimum Gasteiger partial charge on any atom is -0.393 e. The number of aliphatic hydroxyl groups excluding tert-OH is 1. The summed E-state index contributed by atoms with van der Waals surface area (Å²) in [6.45, 7) is 4.13. The number of hydrogen-bond donors (Lipinski definition) is 2. The van der Waals surface area contributed by atoms with E-state index >= 15 is 0 Å². The quantitative estimate of drug-likeness (QED) is 0.867. The predicted molar refractivity (Wildman–Crippen MR) is 78.3 cm³/mol. The van der Waals surface area contributed by atoms with E-state index in [1.165, 1.54) is 12.8 Å². The number of aliphatic hydroxyl groups is 1. The van der Waals surface area contributed by atoms with E-state index in [0.29, 0.717) is 11.7 Å². The Balaban J connectivity index is 1.64. The largest absolute Gasteiger partial charge is 0.393 e. The van der Waals surface area contributed by atoms with Crippen molar-refractivity contribution in [2.75, 3.05) is 18.0 Å². The zero-order valence-electron chi connectivity index (χ0n) is 12.0. The van der Waals surface area contributed by atoms with Gasteiger partial charge in [0.1, 0.15) is 5.82 Å². The van der Waals surface area contributed by atoms with Gasteiger partial charge in [-0.05, 0) is 43.9 Å². The van der Waals surface area contributed by atoms with Crippen molar-refractivity contribution in [2.24, 2.45) is 5.92 Å². The summed E-state index contributed by atoms with van der Waals surface area (Å²) in [5, 5.41) is 13.0. The molecule has 4 heteroatoms. The third-order valence-electron chi connectivity index (χ3n) is 4.43. The summed E-state index contributed by atoms with van der Waals surface area (Å²) >= 11 is 0. The van der Waals surface area contributed by atoms with Crippen LogP contribution in [0.5, 0.6) is 0 Å². The van der Waals surface area contributed by atoms with E-state index in [4.69, 9.17) is 0 Å². The van der Waals surface area contributed by atoms with Crippen molar-refractivity contribution < 1.29 is 9.50 Å². The molecular formula is C16H23FN2O. The van der Waals surface area contributed by atoms with Gasteiger partial charge in [0.15, 0.2) is 0 Å². The fourth-order valence-corrected chi connectivity index (χ4v) is 2.87. The summed E-state index contributed by atoms with van der Waals surface area (Å²) in [5.74, 6) is 0.108. The molecular weight excluding hydrogens is 255 g/mol. The summed E-state index contributed by atoms with van der Waals surface area (Å²) in [6, 6.07) is 6.16.